The van der Waals surface area contributed by atoms with Crippen molar-refractivity contribution in [2.45, 2.75) is 38.5 Å². The Balaban J connectivity index is 1.75. The van der Waals surface area contributed by atoms with E-state index in [0.29, 0.717) is 5.36 Å². The van der Waals surface area contributed by atoms with Gasteiger partial charge in [-0.25, -0.2) is 9.67 Å². The molecule has 1 saturated carbocycles. The zero-order valence-corrected chi connectivity index (χ0v) is 12.7. The summed E-state index contributed by atoms with van der Waals surface area (Å²) in [6.07, 6.45) is 10.2. The molecule has 22 heavy (non-hydrogen) atoms. The summed E-state index contributed by atoms with van der Waals surface area (Å²) in [6.45, 7) is 0. The van der Waals surface area contributed by atoms with E-state index in [9.17, 15) is 4.79 Å². The number of aromatic nitrogens is 2. The van der Waals surface area contributed by atoms with Crippen LogP contribution >= 0.6 is 0 Å². The highest BCUT2D eigenvalue weighted by molar-refractivity contribution is 5.79. The van der Waals surface area contributed by atoms with Crippen LogP contribution in [0.1, 0.15) is 38.5 Å². The topological polar surface area (TPSA) is 47.2 Å². The Morgan fingerprint density at radius 3 is 2.41 bits per heavy atom. The minimum absolute atomic E-state index is 0.0150. The molecule has 0 spiro atoms. The molecule has 0 unspecified atom stereocenters. The van der Waals surface area contributed by atoms with Crippen LogP contribution in [0.2, 0.25) is 0 Å². The second-order valence-electron chi connectivity index (χ2n) is 5.80. The van der Waals surface area contributed by atoms with Crippen molar-refractivity contribution in [2.75, 3.05) is 0 Å². The number of hydrogen-bond acceptors (Lipinski definition) is 2. The van der Waals surface area contributed by atoms with Crippen molar-refractivity contribution in [3.05, 3.63) is 54.1 Å². The van der Waals surface area contributed by atoms with Gasteiger partial charge in [0.15, 0.2) is 0 Å². The van der Waals surface area contributed by atoms with Gasteiger partial charge >= 0.3 is 0 Å². The smallest absolute Gasteiger partial charge is 0.249 e. The van der Waals surface area contributed by atoms with E-state index in [2.05, 4.69) is 10.1 Å². The zero-order valence-electron chi connectivity index (χ0n) is 12.7. The standard InChI is InChI=1S/C18H21N3O/c22-18(15-8-4-1-2-5-9-15)20-16-12-13-21(19-14-16)17-10-6-3-7-11-17/h3,6-7,10-15H,1-2,4-5,8-9H2. The lowest BCUT2D eigenvalue weighted by atomic mass is 10.00. The van der Waals surface area contributed by atoms with Gasteiger partial charge in [-0.05, 0) is 31.0 Å². The lowest BCUT2D eigenvalue weighted by Crippen LogP contribution is -2.17. The summed E-state index contributed by atoms with van der Waals surface area (Å²) in [4.78, 5) is 16.5. The average molecular weight is 295 g/mol. The molecule has 4 nitrogen and oxygen atoms in total. The molecular weight excluding hydrogens is 274 g/mol. The van der Waals surface area contributed by atoms with Crippen molar-refractivity contribution in [2.24, 2.45) is 10.9 Å². The molecule has 1 amide bonds. The molecule has 1 aliphatic rings. The molecular formula is C18H21N3O. The van der Waals surface area contributed by atoms with Crippen molar-refractivity contribution in [1.29, 1.82) is 0 Å². The molecule has 4 heteroatoms. The van der Waals surface area contributed by atoms with Gasteiger partial charge < -0.3 is 0 Å². The zero-order chi connectivity index (χ0) is 15.2. The predicted octanol–water partition coefficient (Wildman–Crippen LogP) is 3.27. The number of hydrogen-bond donors (Lipinski definition) is 0. The van der Waals surface area contributed by atoms with E-state index in [-0.39, 0.29) is 11.8 Å². The van der Waals surface area contributed by atoms with E-state index in [4.69, 9.17) is 0 Å². The molecule has 0 radical (unpaired) electrons. The molecule has 1 aromatic carbocycles. The Bertz CT molecular complexity index is 662. The summed E-state index contributed by atoms with van der Waals surface area (Å²) in [5, 5.41) is 4.98. The van der Waals surface area contributed by atoms with Crippen LogP contribution in [0.5, 0.6) is 0 Å². The molecule has 114 valence electrons. The Labute approximate surface area is 130 Å². The monoisotopic (exact) mass is 295 g/mol. The Morgan fingerprint density at radius 1 is 1.05 bits per heavy atom. The highest BCUT2D eigenvalue weighted by atomic mass is 16.1. The van der Waals surface area contributed by atoms with E-state index in [1.54, 1.807) is 10.9 Å². The maximum Gasteiger partial charge on any atom is 0.249 e. The first-order chi connectivity index (χ1) is 10.8. The van der Waals surface area contributed by atoms with E-state index in [1.165, 1.54) is 12.8 Å². The molecule has 3 rings (SSSR count). The van der Waals surface area contributed by atoms with Gasteiger partial charge in [0.2, 0.25) is 5.91 Å². The molecule has 1 aromatic heterocycles. The number of amides is 1. The molecule has 1 aliphatic carbocycles. The molecule has 0 aliphatic heterocycles. The number of rotatable bonds is 2. The van der Waals surface area contributed by atoms with Gasteiger partial charge in [-0.15, -0.1) is 0 Å². The Morgan fingerprint density at radius 2 is 1.77 bits per heavy atom. The first kappa shape index (κ1) is 14.7. The van der Waals surface area contributed by atoms with Gasteiger partial charge in [0.1, 0.15) is 0 Å². The lowest BCUT2D eigenvalue weighted by molar-refractivity contribution is -0.122. The number of para-hydroxylation sites is 1. The molecule has 2 aromatic rings. The molecule has 0 atom stereocenters. The number of carbonyl (C=O) groups excluding carboxylic acids is 1. The summed E-state index contributed by atoms with van der Waals surface area (Å²) in [5.41, 5.74) is 0.990. The first-order valence-corrected chi connectivity index (χ1v) is 8.02. The summed E-state index contributed by atoms with van der Waals surface area (Å²) in [6, 6.07) is 11.7. The lowest BCUT2D eigenvalue weighted by Gasteiger charge is -2.08. The fraction of sp³-hybridized carbons (Fsp3) is 0.389. The van der Waals surface area contributed by atoms with Crippen LogP contribution in [0, 0.1) is 5.92 Å². The first-order valence-electron chi connectivity index (χ1n) is 8.02. The SMILES string of the molecule is O=C(N=c1ccn(-c2ccccc2)nc1)C1CCCCCC1. The van der Waals surface area contributed by atoms with Crippen LogP contribution in [0.4, 0.5) is 0 Å². The third-order valence-electron chi connectivity index (χ3n) is 4.17. The second-order valence-corrected chi connectivity index (χ2v) is 5.80. The van der Waals surface area contributed by atoms with Crippen LogP contribution in [0.25, 0.3) is 5.69 Å². The minimum atomic E-state index is 0.0150. The number of benzene rings is 1. The third kappa shape index (κ3) is 3.70. The van der Waals surface area contributed by atoms with E-state index >= 15 is 0 Å². The second kappa shape index (κ2) is 7.16. The van der Waals surface area contributed by atoms with Crippen LogP contribution in [0.15, 0.2) is 53.8 Å². The summed E-state index contributed by atoms with van der Waals surface area (Å²) >= 11 is 0. The van der Waals surface area contributed by atoms with Gasteiger partial charge in [0.25, 0.3) is 0 Å². The van der Waals surface area contributed by atoms with Crippen LogP contribution in [-0.2, 0) is 4.79 Å². The van der Waals surface area contributed by atoms with Crippen molar-refractivity contribution in [3.63, 3.8) is 0 Å². The van der Waals surface area contributed by atoms with Gasteiger partial charge in [-0.3, -0.25) is 4.79 Å². The molecule has 1 fully saturated rings. The highest BCUT2D eigenvalue weighted by Crippen LogP contribution is 2.23. The molecule has 0 N–H and O–H groups in total. The van der Waals surface area contributed by atoms with E-state index < -0.39 is 0 Å². The van der Waals surface area contributed by atoms with Crippen LogP contribution in [0.3, 0.4) is 0 Å². The fourth-order valence-corrected chi connectivity index (χ4v) is 2.89. The van der Waals surface area contributed by atoms with Crippen molar-refractivity contribution < 1.29 is 4.79 Å². The van der Waals surface area contributed by atoms with Gasteiger partial charge in [-0.1, -0.05) is 43.9 Å². The predicted molar refractivity (Wildman–Crippen MR) is 85.3 cm³/mol. The quantitative estimate of drug-likeness (QED) is 0.798. The number of nitrogens with zero attached hydrogens (tertiary/aromatic N) is 3. The van der Waals surface area contributed by atoms with Crippen molar-refractivity contribution in [1.82, 2.24) is 9.78 Å². The van der Waals surface area contributed by atoms with Gasteiger partial charge in [0.05, 0.1) is 17.2 Å². The van der Waals surface area contributed by atoms with E-state index in [0.717, 1.165) is 31.4 Å². The maximum absolute atomic E-state index is 12.3. The third-order valence-corrected chi connectivity index (χ3v) is 4.17. The van der Waals surface area contributed by atoms with Crippen LogP contribution < -0.4 is 5.36 Å². The van der Waals surface area contributed by atoms with Gasteiger partial charge in [-0.2, -0.15) is 5.10 Å². The molecule has 1 heterocycles. The van der Waals surface area contributed by atoms with Crippen molar-refractivity contribution >= 4 is 5.91 Å². The summed E-state index contributed by atoms with van der Waals surface area (Å²) < 4.78 is 1.77. The average Bonchev–Trinajstić information content (AvgIpc) is 2.86. The Hall–Kier alpha value is -2.23. The Kier molecular flexibility index (Phi) is 4.78. The fourth-order valence-electron chi connectivity index (χ4n) is 2.89. The van der Waals surface area contributed by atoms with Crippen molar-refractivity contribution in [3.8, 4) is 5.69 Å². The minimum Gasteiger partial charge on any atom is -0.272 e. The van der Waals surface area contributed by atoms with Gasteiger partial charge in [0, 0.05) is 12.1 Å². The van der Waals surface area contributed by atoms with E-state index in [1.807, 2.05) is 42.6 Å². The largest absolute Gasteiger partial charge is 0.272 e. The molecule has 0 saturated heterocycles. The maximum atomic E-state index is 12.3. The number of carbonyl (C=O) groups is 1. The molecule has 0 bridgehead atoms. The van der Waals surface area contributed by atoms with Crippen LogP contribution in [-0.4, -0.2) is 15.7 Å². The highest BCUT2D eigenvalue weighted by Gasteiger charge is 2.19. The normalized spacial score (nSPS) is 17.2. The summed E-state index contributed by atoms with van der Waals surface area (Å²) in [5.74, 6) is 0.116. The summed E-state index contributed by atoms with van der Waals surface area (Å²) in [7, 11) is 0.